The summed E-state index contributed by atoms with van der Waals surface area (Å²) >= 11 is 0. The summed E-state index contributed by atoms with van der Waals surface area (Å²) in [5, 5.41) is 8.04. The molecule has 5 rings (SSSR count). The van der Waals surface area contributed by atoms with E-state index in [1.165, 1.54) is 25.6 Å². The van der Waals surface area contributed by atoms with Gasteiger partial charge in [0.15, 0.2) is 0 Å². The Labute approximate surface area is 221 Å². The van der Waals surface area contributed by atoms with Crippen LogP contribution in [0.2, 0.25) is 0 Å². The van der Waals surface area contributed by atoms with Gasteiger partial charge >= 0.3 is 6.18 Å². The highest BCUT2D eigenvalue weighted by molar-refractivity contribution is 5.97. The van der Waals surface area contributed by atoms with Gasteiger partial charge in [-0.15, -0.1) is 0 Å². The van der Waals surface area contributed by atoms with Crippen molar-refractivity contribution in [1.29, 1.82) is 0 Å². The van der Waals surface area contributed by atoms with Crippen LogP contribution in [0.15, 0.2) is 65.8 Å². The van der Waals surface area contributed by atoms with Crippen LogP contribution in [0.5, 0.6) is 11.5 Å². The fraction of sp³-hybridized carbons (Fsp3) is 0.214. The van der Waals surface area contributed by atoms with Gasteiger partial charge in [-0.1, -0.05) is 12.1 Å². The predicted molar refractivity (Wildman–Crippen MR) is 139 cm³/mol. The van der Waals surface area contributed by atoms with Gasteiger partial charge in [-0.25, -0.2) is 4.98 Å². The molecule has 5 aromatic rings. The summed E-state index contributed by atoms with van der Waals surface area (Å²) in [5.41, 5.74) is 2.66. The van der Waals surface area contributed by atoms with Crippen LogP contribution in [-0.4, -0.2) is 31.8 Å². The minimum Gasteiger partial charge on any atom is -0.496 e. The molecule has 11 heteroatoms. The fourth-order valence-electron chi connectivity index (χ4n) is 4.48. The minimum absolute atomic E-state index is 0.0206. The van der Waals surface area contributed by atoms with Crippen molar-refractivity contribution in [3.05, 3.63) is 99.5 Å². The van der Waals surface area contributed by atoms with Crippen LogP contribution in [0.3, 0.4) is 0 Å². The number of aryl methyl sites for hydroxylation is 2. The van der Waals surface area contributed by atoms with Crippen LogP contribution in [0, 0.1) is 13.8 Å². The monoisotopic (exact) mass is 535 g/mol. The van der Waals surface area contributed by atoms with Crippen molar-refractivity contribution in [1.82, 2.24) is 24.7 Å². The third-order valence-corrected chi connectivity index (χ3v) is 6.37. The average Bonchev–Trinajstić information content (AvgIpc) is 3.33. The molecule has 0 bridgehead atoms. The molecule has 0 aliphatic rings. The largest absolute Gasteiger partial charge is 0.496 e. The second-order valence-corrected chi connectivity index (χ2v) is 8.97. The molecule has 4 aromatic heterocycles. The summed E-state index contributed by atoms with van der Waals surface area (Å²) in [6, 6.07) is 11.1. The van der Waals surface area contributed by atoms with Gasteiger partial charge in [0, 0.05) is 29.0 Å². The van der Waals surface area contributed by atoms with Gasteiger partial charge in [0.25, 0.3) is 5.56 Å². The van der Waals surface area contributed by atoms with Crippen LogP contribution in [-0.2, 0) is 19.3 Å². The smallest absolute Gasteiger partial charge is 0.421 e. The number of methoxy groups -OCH3 is 1. The lowest BCUT2D eigenvalue weighted by molar-refractivity contribution is -0.138. The summed E-state index contributed by atoms with van der Waals surface area (Å²) in [4.78, 5) is 21.6. The number of nitrogens with one attached hydrogen (secondary N) is 1. The molecule has 0 unspecified atom stereocenters. The maximum absolute atomic E-state index is 13.3. The first kappa shape index (κ1) is 26.0. The Morgan fingerprint density at radius 3 is 2.62 bits per heavy atom. The van der Waals surface area contributed by atoms with Crippen molar-refractivity contribution in [2.45, 2.75) is 33.2 Å². The van der Waals surface area contributed by atoms with Gasteiger partial charge in [0.1, 0.15) is 29.2 Å². The average molecular weight is 536 g/mol. The third kappa shape index (κ3) is 5.07. The maximum atomic E-state index is 13.3. The van der Waals surface area contributed by atoms with E-state index in [-0.39, 0.29) is 13.2 Å². The van der Waals surface area contributed by atoms with Crippen LogP contribution in [0.4, 0.5) is 13.2 Å². The Morgan fingerprint density at radius 1 is 1.08 bits per heavy atom. The highest BCUT2D eigenvalue weighted by atomic mass is 19.4. The second kappa shape index (κ2) is 10.2. The molecule has 39 heavy (non-hydrogen) atoms. The van der Waals surface area contributed by atoms with Gasteiger partial charge in [-0.2, -0.15) is 18.3 Å². The van der Waals surface area contributed by atoms with Crippen LogP contribution >= 0.6 is 0 Å². The van der Waals surface area contributed by atoms with E-state index in [0.29, 0.717) is 28.3 Å². The van der Waals surface area contributed by atoms with Crippen molar-refractivity contribution in [2.24, 2.45) is 0 Å². The lowest BCUT2D eigenvalue weighted by atomic mass is 10.0. The first-order valence-corrected chi connectivity index (χ1v) is 12.0. The molecule has 0 spiro atoms. The maximum Gasteiger partial charge on any atom is 0.421 e. The number of fused-ring (bicyclic) bond motifs is 1. The quantitative estimate of drug-likeness (QED) is 0.298. The number of hydrogen-bond acceptors (Lipinski definition) is 6. The number of H-pyrrole nitrogens is 1. The Bertz CT molecular complexity index is 1730. The van der Waals surface area contributed by atoms with Crippen molar-refractivity contribution >= 4 is 10.9 Å². The number of benzene rings is 1. The summed E-state index contributed by atoms with van der Waals surface area (Å²) in [6.07, 6.45) is -0.248. The zero-order valence-electron chi connectivity index (χ0n) is 21.3. The molecule has 0 fully saturated rings. The van der Waals surface area contributed by atoms with E-state index < -0.39 is 17.3 Å². The van der Waals surface area contributed by atoms with E-state index in [0.717, 1.165) is 38.5 Å². The number of rotatable bonds is 7. The number of aromatic amines is 1. The molecule has 0 saturated carbocycles. The molecule has 0 saturated heterocycles. The fourth-order valence-corrected chi connectivity index (χ4v) is 4.48. The lowest BCUT2D eigenvalue weighted by Gasteiger charge is -2.17. The summed E-state index contributed by atoms with van der Waals surface area (Å²) < 4.78 is 52.5. The van der Waals surface area contributed by atoms with E-state index in [1.807, 2.05) is 32.0 Å². The lowest BCUT2D eigenvalue weighted by Crippen LogP contribution is -2.28. The van der Waals surface area contributed by atoms with Gasteiger partial charge in [0.05, 0.1) is 36.8 Å². The van der Waals surface area contributed by atoms with Crippen molar-refractivity contribution in [3.63, 3.8) is 0 Å². The van der Waals surface area contributed by atoms with Crippen molar-refractivity contribution < 1.29 is 22.6 Å². The predicted octanol–water partition coefficient (Wildman–Crippen LogP) is 5.45. The number of nitrogens with zero attached hydrogens (tertiary/aromatic N) is 4. The van der Waals surface area contributed by atoms with E-state index in [2.05, 4.69) is 15.2 Å². The number of halogens is 3. The molecule has 8 nitrogen and oxygen atoms in total. The first-order valence-electron chi connectivity index (χ1n) is 12.0. The zero-order valence-corrected chi connectivity index (χ0v) is 21.3. The van der Waals surface area contributed by atoms with Crippen molar-refractivity contribution in [3.8, 4) is 22.8 Å². The molecule has 0 radical (unpaired) electrons. The normalized spacial score (nSPS) is 11.6. The molecular weight excluding hydrogens is 511 g/mol. The summed E-state index contributed by atoms with van der Waals surface area (Å²) in [5.74, 6) is 0.931. The number of ether oxygens (including phenoxy) is 2. The SMILES string of the molecule is COc1ccnc(Cn2cccc(C(F)(F)F)c2=O)c1COc1cccc2c(-c3[nH]ncc3C)cc(C)nc12. The number of para-hydroxylation sites is 1. The molecular formula is C28H24F3N5O3. The number of pyridine rings is 3. The van der Waals surface area contributed by atoms with Gasteiger partial charge < -0.3 is 14.0 Å². The van der Waals surface area contributed by atoms with Gasteiger partial charge in [-0.05, 0) is 49.7 Å². The topological polar surface area (TPSA) is 94.9 Å². The number of hydrogen-bond donors (Lipinski definition) is 1. The van der Waals surface area contributed by atoms with E-state index >= 15 is 0 Å². The number of aromatic nitrogens is 5. The summed E-state index contributed by atoms with van der Waals surface area (Å²) in [7, 11) is 1.47. The van der Waals surface area contributed by atoms with Gasteiger partial charge in [-0.3, -0.25) is 14.9 Å². The first-order chi connectivity index (χ1) is 18.7. The molecule has 0 amide bonds. The van der Waals surface area contributed by atoms with E-state index in [9.17, 15) is 18.0 Å². The molecule has 0 aliphatic carbocycles. The standard InChI is InChI=1S/C28H24F3N5O3/c1-16-13-33-35-25(16)19-12-17(2)34-26-18(19)6-4-8-24(26)39-15-20-22(32-10-9-23(20)38-3)14-36-11-5-7-21(27(36)37)28(29,30)31/h4-13H,14-15H2,1-3H3,(H,33,35). The van der Waals surface area contributed by atoms with E-state index in [1.54, 1.807) is 18.3 Å². The van der Waals surface area contributed by atoms with Crippen LogP contribution in [0.25, 0.3) is 22.2 Å². The van der Waals surface area contributed by atoms with Gasteiger partial charge in [0.2, 0.25) is 0 Å². The molecule has 1 N–H and O–H groups in total. The summed E-state index contributed by atoms with van der Waals surface area (Å²) in [6.45, 7) is 3.63. The second-order valence-electron chi connectivity index (χ2n) is 8.97. The highest BCUT2D eigenvalue weighted by Gasteiger charge is 2.34. The number of alkyl halides is 3. The molecule has 1 aromatic carbocycles. The molecule has 200 valence electrons. The Kier molecular flexibility index (Phi) is 6.81. The third-order valence-electron chi connectivity index (χ3n) is 6.37. The zero-order chi connectivity index (χ0) is 27.7. The Morgan fingerprint density at radius 2 is 1.90 bits per heavy atom. The molecule has 0 atom stereocenters. The Balaban J connectivity index is 1.52. The molecule has 4 heterocycles. The van der Waals surface area contributed by atoms with Crippen molar-refractivity contribution in [2.75, 3.05) is 7.11 Å². The molecule has 0 aliphatic heterocycles. The highest BCUT2D eigenvalue weighted by Crippen LogP contribution is 2.34. The Hall–Kier alpha value is -4.67. The van der Waals surface area contributed by atoms with Crippen LogP contribution < -0.4 is 15.0 Å². The minimum atomic E-state index is -4.76. The van der Waals surface area contributed by atoms with E-state index in [4.69, 9.17) is 14.5 Å². The van der Waals surface area contributed by atoms with Crippen LogP contribution in [0.1, 0.15) is 28.1 Å².